The van der Waals surface area contributed by atoms with Crippen LogP contribution < -0.4 is 10.6 Å². The normalized spacial score (nSPS) is 10.6. The first kappa shape index (κ1) is 16.1. The van der Waals surface area contributed by atoms with Crippen LogP contribution in [-0.2, 0) is 0 Å². The molecule has 116 valence electrons. The molecule has 0 saturated heterocycles. The van der Waals surface area contributed by atoms with Crippen LogP contribution in [0.3, 0.4) is 0 Å². The van der Waals surface area contributed by atoms with Crippen molar-refractivity contribution in [3.05, 3.63) is 44.9 Å². The van der Waals surface area contributed by atoms with E-state index in [0.29, 0.717) is 4.47 Å². The number of hydrogen-bond donors (Lipinski definition) is 2. The minimum atomic E-state index is -0.607. The van der Waals surface area contributed by atoms with Crippen LogP contribution >= 0.6 is 15.9 Å². The summed E-state index contributed by atoms with van der Waals surface area (Å²) < 4.78 is 14.4. The number of aromatic nitrogens is 2. The van der Waals surface area contributed by atoms with Gasteiger partial charge < -0.3 is 10.6 Å². The molecule has 0 spiro atoms. The first-order valence-electron chi connectivity index (χ1n) is 6.36. The molecule has 0 aliphatic rings. The Bertz CT molecular complexity index is 711. The predicted octanol–water partition coefficient (Wildman–Crippen LogP) is 3.85. The van der Waals surface area contributed by atoms with Crippen molar-refractivity contribution in [2.75, 3.05) is 10.6 Å². The number of rotatable bonds is 5. The second-order valence-corrected chi connectivity index (χ2v) is 5.64. The van der Waals surface area contributed by atoms with Crippen LogP contribution in [0.25, 0.3) is 0 Å². The first-order valence-corrected chi connectivity index (χ1v) is 7.15. The Balaban J connectivity index is 2.44. The first-order chi connectivity index (χ1) is 10.4. The summed E-state index contributed by atoms with van der Waals surface area (Å²) in [5.41, 5.74) is -0.251. The smallest absolute Gasteiger partial charge is 0.353 e. The van der Waals surface area contributed by atoms with Gasteiger partial charge in [0.15, 0.2) is 0 Å². The molecule has 1 aromatic carbocycles. The van der Waals surface area contributed by atoms with E-state index in [1.165, 1.54) is 18.5 Å². The third kappa shape index (κ3) is 3.67. The summed E-state index contributed by atoms with van der Waals surface area (Å²) in [6, 6.07) is 4.28. The fourth-order valence-corrected chi connectivity index (χ4v) is 2.07. The molecular weight excluding hydrogens is 357 g/mol. The number of benzene rings is 1. The SMILES string of the molecule is CC(C)Nc1ncnc(Nc2ccc(Br)cc2F)c1[N+](=O)[O-]. The monoisotopic (exact) mass is 369 g/mol. The van der Waals surface area contributed by atoms with Crippen LogP contribution in [0, 0.1) is 15.9 Å². The molecule has 2 rings (SSSR count). The van der Waals surface area contributed by atoms with E-state index in [2.05, 4.69) is 36.5 Å². The van der Waals surface area contributed by atoms with Gasteiger partial charge in [-0.25, -0.2) is 14.4 Å². The lowest BCUT2D eigenvalue weighted by Crippen LogP contribution is -2.14. The van der Waals surface area contributed by atoms with E-state index >= 15 is 0 Å². The second-order valence-electron chi connectivity index (χ2n) is 4.72. The van der Waals surface area contributed by atoms with Gasteiger partial charge in [0.2, 0.25) is 11.6 Å². The van der Waals surface area contributed by atoms with Crippen molar-refractivity contribution in [2.24, 2.45) is 0 Å². The standard InChI is InChI=1S/C13H13BrFN5O2/c1-7(2)18-12-11(20(21)22)13(17-6-16-12)19-10-4-3-8(14)5-9(10)15/h3-7H,1-2H3,(H2,16,17,18,19). The molecule has 0 bridgehead atoms. The lowest BCUT2D eigenvalue weighted by atomic mass is 10.3. The van der Waals surface area contributed by atoms with Crippen molar-refractivity contribution in [3.8, 4) is 0 Å². The van der Waals surface area contributed by atoms with Crippen molar-refractivity contribution in [2.45, 2.75) is 19.9 Å². The third-order valence-electron chi connectivity index (χ3n) is 2.61. The molecule has 2 N–H and O–H groups in total. The van der Waals surface area contributed by atoms with Crippen LogP contribution in [0.15, 0.2) is 29.0 Å². The van der Waals surface area contributed by atoms with Crippen LogP contribution in [0.1, 0.15) is 13.8 Å². The van der Waals surface area contributed by atoms with Crippen molar-refractivity contribution in [1.29, 1.82) is 0 Å². The number of hydrogen-bond acceptors (Lipinski definition) is 6. The molecule has 0 aliphatic carbocycles. The Morgan fingerprint density at radius 3 is 2.59 bits per heavy atom. The molecule has 0 radical (unpaired) electrons. The molecule has 1 heterocycles. The van der Waals surface area contributed by atoms with E-state index in [1.54, 1.807) is 6.07 Å². The van der Waals surface area contributed by atoms with Crippen molar-refractivity contribution in [3.63, 3.8) is 0 Å². The van der Waals surface area contributed by atoms with Gasteiger partial charge in [0.05, 0.1) is 10.6 Å². The highest BCUT2D eigenvalue weighted by Crippen LogP contribution is 2.32. The maximum Gasteiger partial charge on any atom is 0.353 e. The zero-order chi connectivity index (χ0) is 16.3. The molecule has 0 unspecified atom stereocenters. The molecule has 0 atom stereocenters. The maximum atomic E-state index is 13.9. The van der Waals surface area contributed by atoms with Crippen LogP contribution in [-0.4, -0.2) is 20.9 Å². The molecular formula is C13H13BrFN5O2. The lowest BCUT2D eigenvalue weighted by Gasteiger charge is -2.12. The van der Waals surface area contributed by atoms with Crippen LogP contribution in [0.4, 0.5) is 27.4 Å². The van der Waals surface area contributed by atoms with Gasteiger partial charge in [-0.1, -0.05) is 15.9 Å². The van der Waals surface area contributed by atoms with Crippen LogP contribution in [0.2, 0.25) is 0 Å². The Kier molecular flexibility index (Phi) is 4.86. The number of nitrogens with zero attached hydrogens (tertiary/aromatic N) is 3. The fourth-order valence-electron chi connectivity index (χ4n) is 1.74. The summed E-state index contributed by atoms with van der Waals surface area (Å²) in [7, 11) is 0. The summed E-state index contributed by atoms with van der Waals surface area (Å²) in [6.45, 7) is 3.65. The topological polar surface area (TPSA) is 93.0 Å². The molecule has 0 fully saturated rings. The zero-order valence-electron chi connectivity index (χ0n) is 11.8. The molecule has 9 heteroatoms. The summed E-state index contributed by atoms with van der Waals surface area (Å²) in [6.07, 6.45) is 1.18. The highest BCUT2D eigenvalue weighted by Gasteiger charge is 2.24. The van der Waals surface area contributed by atoms with Gasteiger partial charge in [0.1, 0.15) is 12.1 Å². The highest BCUT2D eigenvalue weighted by molar-refractivity contribution is 9.10. The van der Waals surface area contributed by atoms with Gasteiger partial charge in [-0.3, -0.25) is 10.1 Å². The predicted molar refractivity (Wildman–Crippen MR) is 84.8 cm³/mol. The van der Waals surface area contributed by atoms with E-state index in [9.17, 15) is 14.5 Å². The van der Waals surface area contributed by atoms with E-state index in [-0.39, 0.29) is 29.1 Å². The largest absolute Gasteiger partial charge is 0.362 e. The summed E-state index contributed by atoms with van der Waals surface area (Å²) in [5, 5.41) is 16.8. The molecule has 0 aliphatic heterocycles. The number of halogens is 2. The van der Waals surface area contributed by atoms with Gasteiger partial charge in [0, 0.05) is 10.5 Å². The zero-order valence-corrected chi connectivity index (χ0v) is 13.4. The summed E-state index contributed by atoms with van der Waals surface area (Å²) in [4.78, 5) is 18.4. The van der Waals surface area contributed by atoms with Gasteiger partial charge >= 0.3 is 5.69 Å². The Morgan fingerprint density at radius 2 is 2.00 bits per heavy atom. The third-order valence-corrected chi connectivity index (χ3v) is 3.11. The van der Waals surface area contributed by atoms with Crippen molar-refractivity contribution in [1.82, 2.24) is 9.97 Å². The average Bonchev–Trinajstić information content (AvgIpc) is 2.41. The van der Waals surface area contributed by atoms with Gasteiger partial charge in [0.25, 0.3) is 0 Å². The number of nitrogens with one attached hydrogen (secondary N) is 2. The number of anilines is 3. The van der Waals surface area contributed by atoms with E-state index in [1.807, 2.05) is 13.8 Å². The minimum Gasteiger partial charge on any atom is -0.362 e. The minimum absolute atomic E-state index is 0.0501. The molecule has 0 saturated carbocycles. The van der Waals surface area contributed by atoms with Gasteiger partial charge in [-0.05, 0) is 32.0 Å². The molecule has 7 nitrogen and oxygen atoms in total. The Hall–Kier alpha value is -2.29. The summed E-state index contributed by atoms with van der Waals surface area (Å²) in [5.74, 6) is -0.556. The van der Waals surface area contributed by atoms with Crippen molar-refractivity contribution < 1.29 is 9.31 Å². The average molecular weight is 370 g/mol. The Labute approximate surface area is 134 Å². The fraction of sp³-hybridized carbons (Fsp3) is 0.231. The van der Waals surface area contributed by atoms with Crippen LogP contribution in [0.5, 0.6) is 0 Å². The van der Waals surface area contributed by atoms with Gasteiger partial charge in [-0.2, -0.15) is 0 Å². The van der Waals surface area contributed by atoms with E-state index in [0.717, 1.165) is 0 Å². The Morgan fingerprint density at radius 1 is 1.32 bits per heavy atom. The lowest BCUT2D eigenvalue weighted by molar-refractivity contribution is -0.383. The van der Waals surface area contributed by atoms with E-state index < -0.39 is 10.7 Å². The maximum absolute atomic E-state index is 13.9. The highest BCUT2D eigenvalue weighted by atomic mass is 79.9. The van der Waals surface area contributed by atoms with Gasteiger partial charge in [-0.15, -0.1) is 0 Å². The van der Waals surface area contributed by atoms with Crippen molar-refractivity contribution >= 4 is 38.9 Å². The van der Waals surface area contributed by atoms with E-state index in [4.69, 9.17) is 0 Å². The quantitative estimate of drug-likeness (QED) is 0.614. The number of nitro groups is 1. The summed E-state index contributed by atoms with van der Waals surface area (Å²) >= 11 is 3.15. The second kappa shape index (κ2) is 6.65. The molecule has 22 heavy (non-hydrogen) atoms. The molecule has 1 aromatic heterocycles. The molecule has 2 aromatic rings. The molecule has 0 amide bonds.